The molecule has 0 aliphatic rings. The van der Waals surface area contributed by atoms with Gasteiger partial charge in [0.1, 0.15) is 18.0 Å². The minimum Gasteiger partial charge on any atom is -0.497 e. The fourth-order valence-corrected chi connectivity index (χ4v) is 3.87. The van der Waals surface area contributed by atoms with Gasteiger partial charge in [0.2, 0.25) is 5.91 Å². The highest BCUT2D eigenvalue weighted by Gasteiger charge is 2.14. The fourth-order valence-electron chi connectivity index (χ4n) is 3.87. The number of pyridine rings is 1. The molecular weight excluding hydrogens is 442 g/mol. The molecule has 0 spiro atoms. The molecule has 3 aromatic carbocycles. The average Bonchev–Trinajstić information content (AvgIpc) is 2.89. The highest BCUT2D eigenvalue weighted by atomic mass is 16.5. The van der Waals surface area contributed by atoms with Crippen LogP contribution in [0.4, 0.5) is 5.69 Å². The molecule has 0 atom stereocenters. The zero-order valence-electron chi connectivity index (χ0n) is 20.1. The number of nitrogens with zero attached hydrogens (tertiary/aromatic N) is 1. The first-order valence-corrected chi connectivity index (χ1v) is 11.4. The summed E-state index contributed by atoms with van der Waals surface area (Å²) in [5, 5.41) is 7.06. The molecule has 4 aromatic rings. The van der Waals surface area contributed by atoms with Gasteiger partial charge in [-0.25, -0.2) is 0 Å². The topological polar surface area (TPSA) is 81.6 Å². The molecule has 1 amide bonds. The van der Waals surface area contributed by atoms with Gasteiger partial charge in [-0.1, -0.05) is 29.8 Å². The minimum atomic E-state index is -0.261. The summed E-state index contributed by atoms with van der Waals surface area (Å²) in [6.45, 7) is 2.60. The van der Waals surface area contributed by atoms with Gasteiger partial charge in [0.25, 0.3) is 5.56 Å². The number of hydrogen-bond donors (Lipinski definition) is 2. The van der Waals surface area contributed by atoms with Crippen molar-refractivity contribution in [3.63, 3.8) is 0 Å². The van der Waals surface area contributed by atoms with Gasteiger partial charge in [0.05, 0.1) is 19.7 Å². The van der Waals surface area contributed by atoms with Crippen molar-refractivity contribution in [2.75, 3.05) is 19.5 Å². The van der Waals surface area contributed by atoms with Gasteiger partial charge < -0.3 is 20.1 Å². The van der Waals surface area contributed by atoms with E-state index in [1.54, 1.807) is 20.3 Å². The van der Waals surface area contributed by atoms with E-state index < -0.39 is 0 Å². The quantitative estimate of drug-likeness (QED) is 0.381. The van der Waals surface area contributed by atoms with Gasteiger partial charge in [0, 0.05) is 30.4 Å². The molecule has 4 rings (SSSR count). The molecule has 0 saturated carbocycles. The number of aromatic nitrogens is 1. The van der Waals surface area contributed by atoms with Gasteiger partial charge in [0.15, 0.2) is 0 Å². The maximum Gasteiger partial charge on any atom is 0.256 e. The first kappa shape index (κ1) is 23.9. The monoisotopic (exact) mass is 471 g/mol. The Balaban J connectivity index is 1.59. The Kier molecular flexibility index (Phi) is 7.35. The molecular formula is C28H29N3O4. The normalized spacial score (nSPS) is 10.7. The van der Waals surface area contributed by atoms with Gasteiger partial charge in [-0.15, -0.1) is 0 Å². The molecule has 7 heteroatoms. The molecule has 1 heterocycles. The van der Waals surface area contributed by atoms with E-state index >= 15 is 0 Å². The second-order valence-corrected chi connectivity index (χ2v) is 8.33. The van der Waals surface area contributed by atoms with Crippen molar-refractivity contribution >= 4 is 22.5 Å². The predicted octanol–water partition coefficient (Wildman–Crippen LogP) is 4.26. The maximum absolute atomic E-state index is 13.4. The van der Waals surface area contributed by atoms with Crippen LogP contribution in [0.1, 0.15) is 16.7 Å². The third-order valence-electron chi connectivity index (χ3n) is 5.84. The summed E-state index contributed by atoms with van der Waals surface area (Å²) in [5.74, 6) is 1.08. The first-order valence-electron chi connectivity index (χ1n) is 11.4. The molecule has 2 N–H and O–H groups in total. The van der Waals surface area contributed by atoms with Gasteiger partial charge in [-0.2, -0.15) is 0 Å². The fraction of sp³-hybridized carbons (Fsp3) is 0.214. The predicted molar refractivity (Wildman–Crippen MR) is 138 cm³/mol. The Hall–Kier alpha value is -4.26. The number of rotatable bonds is 9. The lowest BCUT2D eigenvalue weighted by atomic mass is 10.1. The number of aryl methyl sites for hydroxylation is 1. The molecule has 0 radical (unpaired) electrons. The second kappa shape index (κ2) is 10.8. The summed E-state index contributed by atoms with van der Waals surface area (Å²) in [6.07, 6.45) is 0. The Labute approximate surface area is 204 Å². The van der Waals surface area contributed by atoms with Gasteiger partial charge >= 0.3 is 0 Å². The summed E-state index contributed by atoms with van der Waals surface area (Å²) < 4.78 is 12.1. The highest BCUT2D eigenvalue weighted by Crippen LogP contribution is 2.21. The number of anilines is 1. The zero-order chi connectivity index (χ0) is 24.8. The molecule has 7 nitrogen and oxygen atoms in total. The first-order chi connectivity index (χ1) is 17.0. The molecule has 35 heavy (non-hydrogen) atoms. The summed E-state index contributed by atoms with van der Waals surface area (Å²) >= 11 is 0. The van der Waals surface area contributed by atoms with Crippen LogP contribution in [0, 0.1) is 6.92 Å². The highest BCUT2D eigenvalue weighted by molar-refractivity contribution is 5.84. The van der Waals surface area contributed by atoms with Crippen molar-refractivity contribution in [3.8, 4) is 11.5 Å². The van der Waals surface area contributed by atoms with E-state index in [2.05, 4.69) is 10.6 Å². The van der Waals surface area contributed by atoms with E-state index in [1.165, 1.54) is 4.57 Å². The van der Waals surface area contributed by atoms with Crippen molar-refractivity contribution in [1.82, 2.24) is 9.88 Å². The van der Waals surface area contributed by atoms with Crippen LogP contribution in [0.15, 0.2) is 77.6 Å². The molecule has 0 saturated heterocycles. The van der Waals surface area contributed by atoms with E-state index in [9.17, 15) is 9.59 Å². The van der Waals surface area contributed by atoms with Crippen LogP contribution in [-0.4, -0.2) is 24.7 Å². The Morgan fingerprint density at radius 2 is 1.63 bits per heavy atom. The molecule has 0 aliphatic heterocycles. The number of methoxy groups -OCH3 is 2. The van der Waals surface area contributed by atoms with Gasteiger partial charge in [-0.05, 0) is 60.3 Å². The lowest BCUT2D eigenvalue weighted by Crippen LogP contribution is -2.33. The Bertz CT molecular complexity index is 1390. The number of carbonyl (C=O) groups is 1. The van der Waals surface area contributed by atoms with Crippen LogP contribution in [-0.2, 0) is 24.4 Å². The number of ether oxygens (including phenoxy) is 2. The van der Waals surface area contributed by atoms with E-state index in [0.717, 1.165) is 28.0 Å². The van der Waals surface area contributed by atoms with Crippen LogP contribution in [0.25, 0.3) is 10.9 Å². The van der Waals surface area contributed by atoms with Crippen LogP contribution < -0.4 is 25.7 Å². The number of amides is 1. The summed E-state index contributed by atoms with van der Waals surface area (Å²) in [5.41, 5.74) is 3.99. The number of hydrogen-bond acceptors (Lipinski definition) is 5. The van der Waals surface area contributed by atoms with Crippen LogP contribution >= 0.6 is 0 Å². The van der Waals surface area contributed by atoms with Crippen molar-refractivity contribution in [1.29, 1.82) is 0 Å². The standard InChI is InChI=1S/C28H29N3O4/c1-19-7-10-23(11-8-19)29-17-22-14-21-9-12-25(35-3)15-26(21)31(28(22)33)18-27(32)30-16-20-5-4-6-24(13-20)34-2/h4-15,29H,16-18H2,1-3H3,(H,30,32). The Morgan fingerprint density at radius 1 is 0.886 bits per heavy atom. The average molecular weight is 472 g/mol. The van der Waals surface area contributed by atoms with E-state index in [1.807, 2.05) is 73.7 Å². The lowest BCUT2D eigenvalue weighted by Gasteiger charge is -2.15. The van der Waals surface area contributed by atoms with Crippen molar-refractivity contribution in [3.05, 3.63) is 99.8 Å². The minimum absolute atomic E-state index is 0.106. The largest absolute Gasteiger partial charge is 0.497 e. The summed E-state index contributed by atoms with van der Waals surface area (Å²) in [6, 6.07) is 22.9. The van der Waals surface area contributed by atoms with E-state index in [0.29, 0.717) is 29.9 Å². The number of carbonyl (C=O) groups excluding carboxylic acids is 1. The summed E-state index contributed by atoms with van der Waals surface area (Å²) in [7, 11) is 3.18. The van der Waals surface area contributed by atoms with Crippen LogP contribution in [0.5, 0.6) is 11.5 Å². The van der Waals surface area contributed by atoms with Crippen molar-refractivity contribution in [2.24, 2.45) is 0 Å². The van der Waals surface area contributed by atoms with Crippen molar-refractivity contribution in [2.45, 2.75) is 26.6 Å². The molecule has 0 bridgehead atoms. The SMILES string of the molecule is COc1cccc(CNC(=O)Cn2c(=O)c(CNc3ccc(C)cc3)cc3ccc(OC)cc32)c1. The Morgan fingerprint density at radius 3 is 2.37 bits per heavy atom. The van der Waals surface area contributed by atoms with Gasteiger partial charge in [-0.3, -0.25) is 14.2 Å². The number of nitrogens with one attached hydrogen (secondary N) is 2. The molecule has 0 unspecified atom stereocenters. The second-order valence-electron chi connectivity index (χ2n) is 8.33. The molecule has 1 aromatic heterocycles. The third-order valence-corrected chi connectivity index (χ3v) is 5.84. The van der Waals surface area contributed by atoms with Crippen molar-refractivity contribution < 1.29 is 14.3 Å². The van der Waals surface area contributed by atoms with E-state index in [-0.39, 0.29) is 18.0 Å². The van der Waals surface area contributed by atoms with E-state index in [4.69, 9.17) is 9.47 Å². The number of fused-ring (bicyclic) bond motifs is 1. The lowest BCUT2D eigenvalue weighted by molar-refractivity contribution is -0.121. The molecule has 180 valence electrons. The third kappa shape index (κ3) is 5.81. The maximum atomic E-state index is 13.4. The number of benzene rings is 3. The molecule has 0 fully saturated rings. The zero-order valence-corrected chi connectivity index (χ0v) is 20.1. The smallest absolute Gasteiger partial charge is 0.256 e. The summed E-state index contributed by atoms with van der Waals surface area (Å²) in [4.78, 5) is 26.3. The van der Waals surface area contributed by atoms with Crippen LogP contribution in [0.2, 0.25) is 0 Å². The van der Waals surface area contributed by atoms with Crippen LogP contribution in [0.3, 0.4) is 0 Å². The molecule has 0 aliphatic carbocycles.